The van der Waals surface area contributed by atoms with Crippen LogP contribution in [0.4, 0.5) is 0 Å². The van der Waals surface area contributed by atoms with Gasteiger partial charge in [-0.05, 0) is 51.0 Å². The molecule has 0 saturated heterocycles. The molecular formula is C22H33NO3. The van der Waals surface area contributed by atoms with E-state index in [-0.39, 0.29) is 10.6 Å². The lowest BCUT2D eigenvalue weighted by molar-refractivity contribution is -0.427. The Bertz CT molecular complexity index is 513. The SMILES string of the molecule is CC/C(=C\C/C=C\C/C=C\C/C=C\C/C=C\CCCCCC=O)[N+](=O)[O-]. The summed E-state index contributed by atoms with van der Waals surface area (Å²) in [6.07, 6.45) is 28.5. The van der Waals surface area contributed by atoms with Crippen molar-refractivity contribution in [3.05, 3.63) is 70.5 Å². The molecule has 0 saturated carbocycles. The quantitative estimate of drug-likeness (QED) is 0.104. The Labute approximate surface area is 158 Å². The predicted molar refractivity (Wildman–Crippen MR) is 110 cm³/mol. The third-order valence-electron chi connectivity index (χ3n) is 3.76. The van der Waals surface area contributed by atoms with Crippen molar-refractivity contribution >= 4 is 6.29 Å². The molecule has 4 heteroatoms. The minimum atomic E-state index is -0.314. The summed E-state index contributed by atoms with van der Waals surface area (Å²) >= 11 is 0. The van der Waals surface area contributed by atoms with Crippen LogP contribution in [0, 0.1) is 10.1 Å². The number of aldehydes is 1. The molecule has 0 aromatic rings. The zero-order valence-electron chi connectivity index (χ0n) is 16.0. The molecule has 4 nitrogen and oxygen atoms in total. The number of nitro groups is 1. The van der Waals surface area contributed by atoms with Crippen LogP contribution >= 0.6 is 0 Å². The molecule has 0 N–H and O–H groups in total. The van der Waals surface area contributed by atoms with E-state index in [1.165, 1.54) is 0 Å². The average Bonchev–Trinajstić information content (AvgIpc) is 2.63. The maximum atomic E-state index is 10.6. The van der Waals surface area contributed by atoms with Crippen LogP contribution in [0.5, 0.6) is 0 Å². The highest BCUT2D eigenvalue weighted by Crippen LogP contribution is 2.04. The van der Waals surface area contributed by atoms with Gasteiger partial charge < -0.3 is 4.79 Å². The van der Waals surface area contributed by atoms with E-state index >= 15 is 0 Å². The van der Waals surface area contributed by atoms with E-state index in [1.54, 1.807) is 13.0 Å². The first-order chi connectivity index (χ1) is 12.7. The van der Waals surface area contributed by atoms with Gasteiger partial charge in [0.1, 0.15) is 6.29 Å². The number of allylic oxidation sites excluding steroid dienone is 10. The maximum Gasteiger partial charge on any atom is 0.242 e. The molecule has 0 aliphatic rings. The first-order valence-corrected chi connectivity index (χ1v) is 9.59. The Morgan fingerprint density at radius 1 is 0.769 bits per heavy atom. The van der Waals surface area contributed by atoms with Gasteiger partial charge >= 0.3 is 0 Å². The van der Waals surface area contributed by atoms with Crippen molar-refractivity contribution in [1.82, 2.24) is 0 Å². The summed E-state index contributed by atoms with van der Waals surface area (Å²) < 4.78 is 0. The van der Waals surface area contributed by atoms with Gasteiger partial charge in [-0.15, -0.1) is 0 Å². The van der Waals surface area contributed by atoms with E-state index in [9.17, 15) is 14.9 Å². The smallest absolute Gasteiger partial charge is 0.242 e. The number of carbonyl (C=O) groups is 1. The van der Waals surface area contributed by atoms with Gasteiger partial charge in [0.2, 0.25) is 5.70 Å². The molecule has 0 spiro atoms. The highest BCUT2D eigenvalue weighted by molar-refractivity contribution is 5.48. The number of hydrogen-bond acceptors (Lipinski definition) is 3. The average molecular weight is 360 g/mol. The maximum absolute atomic E-state index is 10.6. The van der Waals surface area contributed by atoms with Crippen LogP contribution in [0.25, 0.3) is 0 Å². The van der Waals surface area contributed by atoms with Gasteiger partial charge in [-0.3, -0.25) is 10.1 Å². The normalized spacial score (nSPS) is 12.9. The van der Waals surface area contributed by atoms with E-state index in [2.05, 4.69) is 36.5 Å². The fourth-order valence-electron chi connectivity index (χ4n) is 2.25. The Balaban J connectivity index is 3.62. The summed E-state index contributed by atoms with van der Waals surface area (Å²) in [5.41, 5.74) is 0.280. The highest BCUT2D eigenvalue weighted by atomic mass is 16.6. The van der Waals surface area contributed by atoms with E-state index in [1.807, 2.05) is 12.2 Å². The molecule has 0 radical (unpaired) electrons. The third kappa shape index (κ3) is 16.6. The van der Waals surface area contributed by atoms with E-state index in [0.29, 0.717) is 19.3 Å². The van der Waals surface area contributed by atoms with Crippen LogP contribution in [0.2, 0.25) is 0 Å². The summed E-state index contributed by atoms with van der Waals surface area (Å²) in [6, 6.07) is 0. The minimum absolute atomic E-state index is 0.280. The molecule has 0 aliphatic carbocycles. The first-order valence-electron chi connectivity index (χ1n) is 9.59. The van der Waals surface area contributed by atoms with Crippen molar-refractivity contribution in [1.29, 1.82) is 0 Å². The van der Waals surface area contributed by atoms with E-state index < -0.39 is 0 Å². The van der Waals surface area contributed by atoms with Gasteiger partial charge in [0.05, 0.1) is 4.92 Å². The van der Waals surface area contributed by atoms with Gasteiger partial charge in [0.15, 0.2) is 0 Å². The third-order valence-corrected chi connectivity index (χ3v) is 3.76. The second kappa shape index (κ2) is 19.1. The van der Waals surface area contributed by atoms with Crippen molar-refractivity contribution in [3.63, 3.8) is 0 Å². The van der Waals surface area contributed by atoms with Crippen molar-refractivity contribution < 1.29 is 9.72 Å². The van der Waals surface area contributed by atoms with E-state index in [4.69, 9.17) is 0 Å². The van der Waals surface area contributed by atoms with Crippen molar-refractivity contribution in [3.8, 4) is 0 Å². The van der Waals surface area contributed by atoms with Gasteiger partial charge in [0, 0.05) is 12.8 Å². The largest absolute Gasteiger partial charge is 0.303 e. The second-order valence-corrected chi connectivity index (χ2v) is 5.94. The summed E-state index contributed by atoms with van der Waals surface area (Å²) in [5.74, 6) is 0. The number of carbonyl (C=O) groups excluding carboxylic acids is 1. The molecule has 0 unspecified atom stereocenters. The summed E-state index contributed by atoms with van der Waals surface area (Å²) in [7, 11) is 0. The summed E-state index contributed by atoms with van der Waals surface area (Å²) in [6.45, 7) is 1.79. The van der Waals surface area contributed by atoms with Crippen LogP contribution in [-0.4, -0.2) is 11.2 Å². The molecule has 0 aromatic carbocycles. The lowest BCUT2D eigenvalue weighted by Gasteiger charge is -1.93. The minimum Gasteiger partial charge on any atom is -0.303 e. The highest BCUT2D eigenvalue weighted by Gasteiger charge is 2.03. The standard InChI is InChI=1S/C22H33NO3/c1-2-22(23(25)26)20-18-16-14-12-10-8-6-4-3-5-7-9-11-13-15-17-19-21-24/h3-4,7-10,14,16,20-21H,2,5-6,11-13,15,17-19H2,1H3/b4-3-,9-7-,10-8-,16-14-,22-20+. The number of hydrogen-bond donors (Lipinski definition) is 0. The molecule has 0 aromatic heterocycles. The van der Waals surface area contributed by atoms with E-state index in [0.717, 1.165) is 51.2 Å². The van der Waals surface area contributed by atoms with Crippen LogP contribution in [0.15, 0.2) is 60.4 Å². The van der Waals surface area contributed by atoms with Crippen LogP contribution in [0.3, 0.4) is 0 Å². The molecule has 0 amide bonds. The molecule has 0 heterocycles. The first kappa shape index (κ1) is 23.8. The molecule has 0 aliphatic heterocycles. The predicted octanol–water partition coefficient (Wildman–Crippen LogP) is 6.49. The molecule has 26 heavy (non-hydrogen) atoms. The van der Waals surface area contributed by atoms with Crippen LogP contribution in [-0.2, 0) is 4.79 Å². The lowest BCUT2D eigenvalue weighted by Crippen LogP contribution is -1.96. The Hall–Kier alpha value is -2.23. The molecule has 144 valence electrons. The molecule has 0 rings (SSSR count). The number of rotatable bonds is 16. The van der Waals surface area contributed by atoms with Gasteiger partial charge in [-0.25, -0.2) is 0 Å². The topological polar surface area (TPSA) is 60.2 Å². The number of unbranched alkanes of at least 4 members (excludes halogenated alkanes) is 4. The lowest BCUT2D eigenvalue weighted by atomic mass is 10.1. The molecule has 0 bridgehead atoms. The van der Waals surface area contributed by atoms with Crippen molar-refractivity contribution in [2.75, 3.05) is 0 Å². The summed E-state index contributed by atoms with van der Waals surface area (Å²) in [4.78, 5) is 20.5. The van der Waals surface area contributed by atoms with Gasteiger partial charge in [0.25, 0.3) is 0 Å². The Morgan fingerprint density at radius 2 is 1.27 bits per heavy atom. The Kier molecular flexibility index (Phi) is 17.5. The fourth-order valence-corrected chi connectivity index (χ4v) is 2.25. The van der Waals surface area contributed by atoms with Crippen LogP contribution < -0.4 is 0 Å². The van der Waals surface area contributed by atoms with Crippen LogP contribution in [0.1, 0.15) is 71.1 Å². The van der Waals surface area contributed by atoms with Gasteiger partial charge in [-0.1, -0.05) is 62.0 Å². The Morgan fingerprint density at radius 3 is 1.77 bits per heavy atom. The van der Waals surface area contributed by atoms with Gasteiger partial charge in [-0.2, -0.15) is 0 Å². The van der Waals surface area contributed by atoms with Crippen molar-refractivity contribution in [2.24, 2.45) is 0 Å². The number of nitrogens with zero attached hydrogens (tertiary/aromatic N) is 1. The van der Waals surface area contributed by atoms with Crippen molar-refractivity contribution in [2.45, 2.75) is 71.1 Å². The monoisotopic (exact) mass is 359 g/mol. The fraction of sp³-hybridized carbons (Fsp3) is 0.500. The molecule has 0 atom stereocenters. The zero-order chi connectivity index (χ0) is 19.3. The zero-order valence-corrected chi connectivity index (χ0v) is 16.0. The second-order valence-electron chi connectivity index (χ2n) is 5.94. The molecular weight excluding hydrogens is 326 g/mol. The molecule has 0 fully saturated rings. The summed E-state index contributed by atoms with van der Waals surface area (Å²) in [5, 5.41) is 10.6.